The van der Waals surface area contributed by atoms with Crippen molar-refractivity contribution < 1.29 is 0 Å². The quantitative estimate of drug-likeness (QED) is 0.911. The molecule has 0 spiro atoms. The number of thiazole rings is 1. The fraction of sp³-hybridized carbons (Fsp3) is 0.500. The van der Waals surface area contributed by atoms with E-state index in [1.807, 2.05) is 6.20 Å². The minimum atomic E-state index is 0.383. The third-order valence-corrected chi connectivity index (χ3v) is 4.07. The fourth-order valence-corrected chi connectivity index (χ4v) is 2.98. The van der Waals surface area contributed by atoms with Crippen molar-refractivity contribution in [3.8, 4) is 9.88 Å². The summed E-state index contributed by atoms with van der Waals surface area (Å²) in [6.45, 7) is 6.28. The Morgan fingerprint density at radius 2 is 2.12 bits per heavy atom. The first-order valence-corrected chi connectivity index (χ1v) is 6.87. The molecule has 1 N–H and O–H groups in total. The summed E-state index contributed by atoms with van der Waals surface area (Å²) in [6, 6.07) is 0.383. The van der Waals surface area contributed by atoms with Crippen molar-refractivity contribution in [1.82, 2.24) is 15.2 Å². The van der Waals surface area contributed by atoms with Crippen LogP contribution in [0.3, 0.4) is 0 Å². The highest BCUT2D eigenvalue weighted by atomic mass is 32.1. The SMILES string of the molecule is CCc1ncc(-c2nnc(NC(C)C)s2)s1. The zero-order chi connectivity index (χ0) is 11.5. The summed E-state index contributed by atoms with van der Waals surface area (Å²) in [4.78, 5) is 5.42. The first-order chi connectivity index (χ1) is 7.69. The number of hydrogen-bond donors (Lipinski definition) is 1. The molecular formula is C10H14N4S2. The second-order valence-corrected chi connectivity index (χ2v) is 5.78. The standard InChI is InChI=1S/C10H14N4S2/c1-4-8-11-5-7(15-8)9-13-14-10(16-9)12-6(2)3/h5-6H,4H2,1-3H3,(H,12,14). The molecule has 0 aliphatic rings. The average molecular weight is 254 g/mol. The molecule has 86 valence electrons. The van der Waals surface area contributed by atoms with E-state index in [-0.39, 0.29) is 0 Å². The molecule has 0 unspecified atom stereocenters. The highest BCUT2D eigenvalue weighted by molar-refractivity contribution is 7.23. The molecule has 2 aromatic rings. The number of hydrogen-bond acceptors (Lipinski definition) is 6. The van der Waals surface area contributed by atoms with Crippen LogP contribution < -0.4 is 5.32 Å². The molecule has 6 heteroatoms. The van der Waals surface area contributed by atoms with Gasteiger partial charge in [-0.3, -0.25) is 0 Å². The maximum atomic E-state index is 4.32. The first-order valence-electron chi connectivity index (χ1n) is 5.24. The lowest BCUT2D eigenvalue weighted by Gasteiger charge is -2.02. The van der Waals surface area contributed by atoms with Crippen molar-refractivity contribution in [1.29, 1.82) is 0 Å². The van der Waals surface area contributed by atoms with Crippen molar-refractivity contribution >= 4 is 27.8 Å². The normalized spacial score (nSPS) is 11.0. The molecule has 0 fully saturated rings. The molecule has 0 aliphatic carbocycles. The highest BCUT2D eigenvalue weighted by Gasteiger charge is 2.10. The predicted octanol–water partition coefficient (Wildman–Crippen LogP) is 3.04. The summed E-state index contributed by atoms with van der Waals surface area (Å²) >= 11 is 3.26. The van der Waals surface area contributed by atoms with Crippen LogP contribution in [0, 0.1) is 0 Å². The molecule has 0 aromatic carbocycles. The third-order valence-electron chi connectivity index (χ3n) is 1.90. The monoisotopic (exact) mass is 254 g/mol. The largest absolute Gasteiger partial charge is 0.358 e. The lowest BCUT2D eigenvalue weighted by molar-refractivity contribution is 0.888. The van der Waals surface area contributed by atoms with E-state index in [0.29, 0.717) is 6.04 Å². The van der Waals surface area contributed by atoms with Crippen LogP contribution in [-0.4, -0.2) is 21.2 Å². The molecule has 2 heterocycles. The van der Waals surface area contributed by atoms with Gasteiger partial charge in [0.1, 0.15) is 0 Å². The van der Waals surface area contributed by atoms with Gasteiger partial charge in [0.05, 0.1) is 9.88 Å². The smallest absolute Gasteiger partial charge is 0.206 e. The van der Waals surface area contributed by atoms with Crippen LogP contribution >= 0.6 is 22.7 Å². The topological polar surface area (TPSA) is 50.7 Å². The van der Waals surface area contributed by atoms with E-state index >= 15 is 0 Å². The Kier molecular flexibility index (Phi) is 3.50. The van der Waals surface area contributed by atoms with E-state index in [0.717, 1.165) is 26.4 Å². The van der Waals surface area contributed by atoms with Crippen LogP contribution in [0.25, 0.3) is 9.88 Å². The van der Waals surface area contributed by atoms with E-state index in [2.05, 4.69) is 41.3 Å². The molecule has 0 atom stereocenters. The van der Waals surface area contributed by atoms with Gasteiger partial charge in [-0.15, -0.1) is 21.5 Å². The van der Waals surface area contributed by atoms with Crippen molar-refractivity contribution in [2.24, 2.45) is 0 Å². The van der Waals surface area contributed by atoms with Gasteiger partial charge in [0.25, 0.3) is 0 Å². The first kappa shape index (κ1) is 11.5. The molecule has 0 radical (unpaired) electrons. The van der Waals surface area contributed by atoms with Gasteiger partial charge in [0, 0.05) is 12.2 Å². The minimum Gasteiger partial charge on any atom is -0.358 e. The van der Waals surface area contributed by atoms with Crippen molar-refractivity contribution in [2.75, 3.05) is 5.32 Å². The van der Waals surface area contributed by atoms with Crippen LogP contribution in [0.1, 0.15) is 25.8 Å². The van der Waals surface area contributed by atoms with Gasteiger partial charge >= 0.3 is 0 Å². The zero-order valence-corrected chi connectivity index (χ0v) is 11.2. The second kappa shape index (κ2) is 4.88. The van der Waals surface area contributed by atoms with E-state index < -0.39 is 0 Å². The van der Waals surface area contributed by atoms with Crippen molar-refractivity contribution in [2.45, 2.75) is 33.2 Å². The number of anilines is 1. The fourth-order valence-electron chi connectivity index (χ4n) is 1.20. The number of rotatable bonds is 4. The molecule has 0 bridgehead atoms. The maximum absolute atomic E-state index is 4.32. The van der Waals surface area contributed by atoms with E-state index in [4.69, 9.17) is 0 Å². The van der Waals surface area contributed by atoms with Gasteiger partial charge in [-0.1, -0.05) is 18.3 Å². The Labute approximate surface area is 103 Å². The second-order valence-electron chi connectivity index (χ2n) is 3.68. The van der Waals surface area contributed by atoms with Gasteiger partial charge in [0.2, 0.25) is 5.13 Å². The van der Waals surface area contributed by atoms with Gasteiger partial charge in [-0.05, 0) is 20.3 Å². The lowest BCUT2D eigenvalue weighted by atomic mass is 10.4. The number of aryl methyl sites for hydroxylation is 1. The number of nitrogens with one attached hydrogen (secondary N) is 1. The Morgan fingerprint density at radius 3 is 2.75 bits per heavy atom. The predicted molar refractivity (Wildman–Crippen MR) is 69.2 cm³/mol. The lowest BCUT2D eigenvalue weighted by Crippen LogP contribution is -2.08. The van der Waals surface area contributed by atoms with E-state index in [1.54, 1.807) is 22.7 Å². The Hall–Kier alpha value is -1.01. The zero-order valence-electron chi connectivity index (χ0n) is 9.52. The van der Waals surface area contributed by atoms with Crippen LogP contribution in [-0.2, 0) is 6.42 Å². The summed E-state index contributed by atoms with van der Waals surface area (Å²) in [7, 11) is 0. The van der Waals surface area contributed by atoms with Gasteiger partial charge in [0.15, 0.2) is 5.01 Å². The summed E-state index contributed by atoms with van der Waals surface area (Å²) in [5.74, 6) is 0. The van der Waals surface area contributed by atoms with Crippen LogP contribution in [0.4, 0.5) is 5.13 Å². The summed E-state index contributed by atoms with van der Waals surface area (Å²) < 4.78 is 0. The molecule has 4 nitrogen and oxygen atoms in total. The van der Waals surface area contributed by atoms with Gasteiger partial charge in [-0.25, -0.2) is 4.98 Å². The Morgan fingerprint density at radius 1 is 1.31 bits per heavy atom. The number of aromatic nitrogens is 3. The maximum Gasteiger partial charge on any atom is 0.206 e. The third kappa shape index (κ3) is 2.56. The molecule has 16 heavy (non-hydrogen) atoms. The summed E-state index contributed by atoms with van der Waals surface area (Å²) in [5.41, 5.74) is 0. The Bertz CT molecular complexity index is 461. The molecular weight excluding hydrogens is 240 g/mol. The van der Waals surface area contributed by atoms with Gasteiger partial charge in [-0.2, -0.15) is 0 Å². The van der Waals surface area contributed by atoms with Gasteiger partial charge < -0.3 is 5.32 Å². The van der Waals surface area contributed by atoms with E-state index in [1.165, 1.54) is 0 Å². The molecule has 2 rings (SSSR count). The van der Waals surface area contributed by atoms with Crippen LogP contribution in [0.15, 0.2) is 6.20 Å². The van der Waals surface area contributed by atoms with Crippen LogP contribution in [0.5, 0.6) is 0 Å². The van der Waals surface area contributed by atoms with Crippen LogP contribution in [0.2, 0.25) is 0 Å². The number of nitrogens with zero attached hydrogens (tertiary/aromatic N) is 3. The summed E-state index contributed by atoms with van der Waals surface area (Å²) in [6.07, 6.45) is 2.85. The highest BCUT2D eigenvalue weighted by Crippen LogP contribution is 2.30. The summed E-state index contributed by atoms with van der Waals surface area (Å²) in [5, 5.41) is 14.5. The molecule has 0 amide bonds. The Balaban J connectivity index is 2.17. The molecule has 0 saturated carbocycles. The molecule has 0 saturated heterocycles. The average Bonchev–Trinajstić information content (AvgIpc) is 2.83. The van der Waals surface area contributed by atoms with Crippen molar-refractivity contribution in [3.63, 3.8) is 0 Å². The van der Waals surface area contributed by atoms with Crippen molar-refractivity contribution in [3.05, 3.63) is 11.2 Å². The molecule has 2 aromatic heterocycles. The molecule has 0 aliphatic heterocycles. The minimum absolute atomic E-state index is 0.383. The van der Waals surface area contributed by atoms with E-state index in [9.17, 15) is 0 Å².